The molecule has 5 heteroatoms. The number of hydrogen-bond acceptors (Lipinski definition) is 4. The van der Waals surface area contributed by atoms with Crippen LogP contribution in [0, 0.1) is 0 Å². The summed E-state index contributed by atoms with van der Waals surface area (Å²) in [4.78, 5) is 11.2. The third-order valence-corrected chi connectivity index (χ3v) is 2.76. The van der Waals surface area contributed by atoms with Crippen molar-refractivity contribution in [2.24, 2.45) is 5.73 Å². The van der Waals surface area contributed by atoms with E-state index in [1.807, 2.05) is 31.2 Å². The Bertz CT molecular complexity index is 626. The SMILES string of the molecule is CCOc1cccc(Nc2cc(C(N)=O)ccc2N)c1. The van der Waals surface area contributed by atoms with Crippen LogP contribution in [0.25, 0.3) is 0 Å². The average molecular weight is 271 g/mol. The zero-order chi connectivity index (χ0) is 14.5. The van der Waals surface area contributed by atoms with Crippen molar-refractivity contribution in [1.29, 1.82) is 0 Å². The minimum absolute atomic E-state index is 0.405. The minimum atomic E-state index is -0.490. The molecule has 0 aliphatic carbocycles. The van der Waals surface area contributed by atoms with Crippen molar-refractivity contribution in [2.75, 3.05) is 17.7 Å². The maximum absolute atomic E-state index is 11.2. The zero-order valence-corrected chi connectivity index (χ0v) is 11.2. The fourth-order valence-electron chi connectivity index (χ4n) is 1.80. The Morgan fingerprint density at radius 2 is 2.05 bits per heavy atom. The number of carbonyl (C=O) groups is 1. The van der Waals surface area contributed by atoms with Gasteiger partial charge in [-0.3, -0.25) is 4.79 Å². The van der Waals surface area contributed by atoms with Gasteiger partial charge in [-0.25, -0.2) is 0 Å². The van der Waals surface area contributed by atoms with E-state index in [0.29, 0.717) is 23.5 Å². The van der Waals surface area contributed by atoms with Crippen LogP contribution in [0.2, 0.25) is 0 Å². The van der Waals surface area contributed by atoms with Crippen LogP contribution in [-0.2, 0) is 0 Å². The Morgan fingerprint density at radius 1 is 1.25 bits per heavy atom. The number of nitrogen functional groups attached to an aromatic ring is 1. The van der Waals surface area contributed by atoms with Crippen LogP contribution in [-0.4, -0.2) is 12.5 Å². The number of benzene rings is 2. The fraction of sp³-hybridized carbons (Fsp3) is 0.133. The van der Waals surface area contributed by atoms with Crippen LogP contribution in [0.5, 0.6) is 5.75 Å². The second-order valence-corrected chi connectivity index (χ2v) is 4.25. The maximum atomic E-state index is 11.2. The Morgan fingerprint density at radius 3 is 2.75 bits per heavy atom. The summed E-state index contributed by atoms with van der Waals surface area (Å²) >= 11 is 0. The topological polar surface area (TPSA) is 90.4 Å². The van der Waals surface area contributed by atoms with Gasteiger partial charge in [0.2, 0.25) is 5.91 Å². The van der Waals surface area contributed by atoms with E-state index >= 15 is 0 Å². The molecule has 0 aromatic heterocycles. The number of hydrogen-bond donors (Lipinski definition) is 3. The van der Waals surface area contributed by atoms with Gasteiger partial charge in [0, 0.05) is 17.3 Å². The molecule has 0 aliphatic rings. The molecule has 0 saturated heterocycles. The van der Waals surface area contributed by atoms with Gasteiger partial charge in [0.1, 0.15) is 5.75 Å². The van der Waals surface area contributed by atoms with Crippen molar-refractivity contribution in [2.45, 2.75) is 6.92 Å². The molecule has 2 rings (SSSR count). The highest BCUT2D eigenvalue weighted by Gasteiger charge is 2.06. The largest absolute Gasteiger partial charge is 0.494 e. The molecule has 0 radical (unpaired) electrons. The quantitative estimate of drug-likeness (QED) is 0.729. The number of nitrogens with two attached hydrogens (primary N) is 2. The van der Waals surface area contributed by atoms with Crippen molar-refractivity contribution in [3.63, 3.8) is 0 Å². The summed E-state index contributed by atoms with van der Waals surface area (Å²) in [5.41, 5.74) is 13.6. The molecular weight excluding hydrogens is 254 g/mol. The summed E-state index contributed by atoms with van der Waals surface area (Å²) in [5, 5.41) is 3.15. The second kappa shape index (κ2) is 5.97. The summed E-state index contributed by atoms with van der Waals surface area (Å²) in [6.07, 6.45) is 0. The molecule has 0 unspecified atom stereocenters. The van der Waals surface area contributed by atoms with E-state index in [1.54, 1.807) is 18.2 Å². The predicted octanol–water partition coefficient (Wildman–Crippen LogP) is 2.51. The van der Waals surface area contributed by atoms with E-state index in [2.05, 4.69) is 5.32 Å². The number of primary amides is 1. The molecule has 5 nitrogen and oxygen atoms in total. The molecule has 0 saturated carbocycles. The third kappa shape index (κ3) is 3.20. The maximum Gasteiger partial charge on any atom is 0.248 e. The molecule has 0 bridgehead atoms. The standard InChI is InChI=1S/C15H17N3O2/c1-2-20-12-5-3-4-11(9-12)18-14-8-10(15(17)19)6-7-13(14)16/h3-9,18H,2,16H2,1H3,(H2,17,19). The van der Waals surface area contributed by atoms with Crippen molar-refractivity contribution < 1.29 is 9.53 Å². The summed E-state index contributed by atoms with van der Waals surface area (Å²) < 4.78 is 5.43. The first-order valence-electron chi connectivity index (χ1n) is 6.29. The number of carbonyl (C=O) groups excluding carboxylic acids is 1. The highest BCUT2D eigenvalue weighted by Crippen LogP contribution is 2.26. The summed E-state index contributed by atoms with van der Waals surface area (Å²) in [6.45, 7) is 2.52. The Kier molecular flexibility index (Phi) is 4.10. The van der Waals surface area contributed by atoms with Crippen molar-refractivity contribution in [3.8, 4) is 5.75 Å². The van der Waals surface area contributed by atoms with Crippen molar-refractivity contribution in [1.82, 2.24) is 0 Å². The highest BCUT2D eigenvalue weighted by molar-refractivity contribution is 5.95. The lowest BCUT2D eigenvalue weighted by Gasteiger charge is -2.11. The molecule has 2 aromatic rings. The predicted molar refractivity (Wildman–Crippen MR) is 80.3 cm³/mol. The number of ether oxygens (including phenoxy) is 1. The van der Waals surface area contributed by atoms with Gasteiger partial charge in [0.05, 0.1) is 18.0 Å². The smallest absolute Gasteiger partial charge is 0.248 e. The van der Waals surface area contributed by atoms with Crippen molar-refractivity contribution >= 4 is 23.0 Å². The molecule has 0 fully saturated rings. The van der Waals surface area contributed by atoms with Crippen LogP contribution in [0.3, 0.4) is 0 Å². The lowest BCUT2D eigenvalue weighted by atomic mass is 10.1. The first-order chi connectivity index (χ1) is 9.60. The van der Waals surface area contributed by atoms with Crippen LogP contribution >= 0.6 is 0 Å². The van der Waals surface area contributed by atoms with Crippen LogP contribution in [0.1, 0.15) is 17.3 Å². The molecule has 0 atom stereocenters. The number of nitrogens with one attached hydrogen (secondary N) is 1. The molecule has 0 heterocycles. The molecule has 0 spiro atoms. The summed E-state index contributed by atoms with van der Waals surface area (Å²) in [5.74, 6) is 0.276. The fourth-order valence-corrected chi connectivity index (χ4v) is 1.80. The second-order valence-electron chi connectivity index (χ2n) is 4.25. The normalized spacial score (nSPS) is 10.1. The van der Waals surface area contributed by atoms with E-state index < -0.39 is 5.91 Å². The van der Waals surface area contributed by atoms with Gasteiger partial charge in [-0.1, -0.05) is 6.07 Å². The average Bonchev–Trinajstić information content (AvgIpc) is 2.42. The van der Waals surface area contributed by atoms with Gasteiger partial charge >= 0.3 is 0 Å². The van der Waals surface area contributed by atoms with Gasteiger partial charge in [-0.05, 0) is 37.3 Å². The van der Waals surface area contributed by atoms with Gasteiger partial charge in [0.25, 0.3) is 0 Å². The molecule has 5 N–H and O–H groups in total. The monoisotopic (exact) mass is 271 g/mol. The molecule has 104 valence electrons. The van der Waals surface area contributed by atoms with Gasteiger partial charge < -0.3 is 21.5 Å². The number of anilines is 3. The molecule has 2 aromatic carbocycles. The van der Waals surface area contributed by atoms with E-state index in [0.717, 1.165) is 11.4 Å². The minimum Gasteiger partial charge on any atom is -0.494 e. The Balaban J connectivity index is 2.27. The van der Waals surface area contributed by atoms with E-state index in [9.17, 15) is 4.79 Å². The Labute approximate surface area is 117 Å². The van der Waals surface area contributed by atoms with Gasteiger partial charge in [0.15, 0.2) is 0 Å². The highest BCUT2D eigenvalue weighted by atomic mass is 16.5. The summed E-state index contributed by atoms with van der Waals surface area (Å²) in [6, 6.07) is 12.4. The number of rotatable bonds is 5. The molecule has 0 aliphatic heterocycles. The van der Waals surface area contributed by atoms with Gasteiger partial charge in [-0.2, -0.15) is 0 Å². The van der Waals surface area contributed by atoms with Crippen molar-refractivity contribution in [3.05, 3.63) is 48.0 Å². The molecule has 1 amide bonds. The summed E-state index contributed by atoms with van der Waals surface area (Å²) in [7, 11) is 0. The first-order valence-corrected chi connectivity index (χ1v) is 6.29. The van der Waals surface area contributed by atoms with E-state index in [1.165, 1.54) is 0 Å². The Hall–Kier alpha value is -2.69. The van der Waals surface area contributed by atoms with E-state index in [-0.39, 0.29) is 0 Å². The zero-order valence-electron chi connectivity index (χ0n) is 11.2. The lowest BCUT2D eigenvalue weighted by molar-refractivity contribution is 0.100. The number of amides is 1. The molecule has 20 heavy (non-hydrogen) atoms. The van der Waals surface area contributed by atoms with Crippen LogP contribution in [0.15, 0.2) is 42.5 Å². The van der Waals surface area contributed by atoms with E-state index in [4.69, 9.17) is 16.2 Å². The third-order valence-electron chi connectivity index (χ3n) is 2.76. The lowest BCUT2D eigenvalue weighted by Crippen LogP contribution is -2.11. The molecular formula is C15H17N3O2. The first kappa shape index (κ1) is 13.7. The van der Waals surface area contributed by atoms with Gasteiger partial charge in [-0.15, -0.1) is 0 Å². The van der Waals surface area contributed by atoms with Crippen LogP contribution < -0.4 is 21.5 Å². The van der Waals surface area contributed by atoms with Crippen LogP contribution in [0.4, 0.5) is 17.1 Å².